The number of carbonyl (C=O) groups excluding carboxylic acids is 2. The van der Waals surface area contributed by atoms with Crippen LogP contribution in [0.15, 0.2) is 42.5 Å². The highest BCUT2D eigenvalue weighted by atomic mass is 19.4. The van der Waals surface area contributed by atoms with Gasteiger partial charge in [0, 0.05) is 17.7 Å². The monoisotopic (exact) mass is 365 g/mol. The number of halogens is 3. The predicted molar refractivity (Wildman–Crippen MR) is 84.8 cm³/mol. The van der Waals surface area contributed by atoms with E-state index in [4.69, 9.17) is 0 Å². The zero-order valence-corrected chi connectivity index (χ0v) is 12.9. The van der Waals surface area contributed by atoms with Gasteiger partial charge in [0.2, 0.25) is 5.91 Å². The number of nitro benzene ring substituents is 1. The minimum Gasteiger partial charge on any atom is -0.323 e. The van der Waals surface area contributed by atoms with Crippen molar-refractivity contribution in [1.82, 2.24) is 0 Å². The molecule has 0 bridgehead atoms. The molecule has 0 saturated carbocycles. The number of non-ortho nitro benzene ring substituents is 1. The van der Waals surface area contributed by atoms with E-state index in [-0.39, 0.29) is 29.2 Å². The lowest BCUT2D eigenvalue weighted by atomic mass is 10.1. The van der Waals surface area contributed by atoms with Gasteiger partial charge in [0.25, 0.3) is 11.6 Å². The number of carbonyl (C=O) groups is 2. The van der Waals surface area contributed by atoms with Gasteiger partial charge in [-0.2, -0.15) is 13.2 Å². The van der Waals surface area contributed by atoms with Gasteiger partial charge >= 0.3 is 6.18 Å². The van der Waals surface area contributed by atoms with Gasteiger partial charge in [-0.1, -0.05) is 0 Å². The van der Waals surface area contributed by atoms with Gasteiger partial charge in [0.05, 0.1) is 21.9 Å². The lowest BCUT2D eigenvalue weighted by Gasteiger charge is -2.29. The van der Waals surface area contributed by atoms with E-state index in [2.05, 4.69) is 5.32 Å². The molecule has 0 spiro atoms. The SMILES string of the molecule is O=C1CN(C(=O)c2ccc([N+](=O)[O-])cc2)c2ccc(C(F)(F)F)cc2N1. The molecule has 2 aromatic carbocycles. The Morgan fingerprint density at radius 3 is 2.38 bits per heavy atom. The summed E-state index contributed by atoms with van der Waals surface area (Å²) in [4.78, 5) is 35.5. The summed E-state index contributed by atoms with van der Waals surface area (Å²) in [5.74, 6) is -1.30. The highest BCUT2D eigenvalue weighted by Gasteiger charge is 2.34. The van der Waals surface area contributed by atoms with Crippen LogP contribution >= 0.6 is 0 Å². The van der Waals surface area contributed by atoms with E-state index in [0.29, 0.717) is 0 Å². The summed E-state index contributed by atoms with van der Waals surface area (Å²) in [5, 5.41) is 13.0. The number of hydrogen-bond donors (Lipinski definition) is 1. The average Bonchev–Trinajstić information content (AvgIpc) is 2.59. The highest BCUT2D eigenvalue weighted by Crippen LogP contribution is 2.37. The summed E-state index contributed by atoms with van der Waals surface area (Å²) in [7, 11) is 0. The first kappa shape index (κ1) is 17.4. The minimum atomic E-state index is -4.59. The molecule has 0 unspecified atom stereocenters. The smallest absolute Gasteiger partial charge is 0.323 e. The van der Waals surface area contributed by atoms with E-state index in [1.807, 2.05) is 0 Å². The van der Waals surface area contributed by atoms with Gasteiger partial charge in [-0.15, -0.1) is 0 Å². The Balaban J connectivity index is 1.97. The molecule has 134 valence electrons. The maximum atomic E-state index is 12.8. The fourth-order valence-electron chi connectivity index (χ4n) is 2.53. The summed E-state index contributed by atoms with van der Waals surface area (Å²) < 4.78 is 38.5. The van der Waals surface area contributed by atoms with Crippen molar-refractivity contribution in [2.24, 2.45) is 0 Å². The minimum absolute atomic E-state index is 0.0659. The van der Waals surface area contributed by atoms with Crippen LogP contribution in [0.3, 0.4) is 0 Å². The Morgan fingerprint density at radius 2 is 1.81 bits per heavy atom. The Labute approximate surface area is 144 Å². The first-order chi connectivity index (χ1) is 12.2. The normalized spacial score (nSPS) is 13.8. The quantitative estimate of drug-likeness (QED) is 0.653. The van der Waals surface area contributed by atoms with E-state index in [9.17, 15) is 32.9 Å². The third-order valence-electron chi connectivity index (χ3n) is 3.76. The molecule has 0 fully saturated rings. The molecule has 0 saturated heterocycles. The second kappa shape index (κ2) is 6.14. The second-order valence-corrected chi connectivity index (χ2v) is 5.47. The molecular weight excluding hydrogens is 355 g/mol. The molecule has 0 atom stereocenters. The van der Waals surface area contributed by atoms with Gasteiger partial charge in [0.1, 0.15) is 6.54 Å². The fraction of sp³-hybridized carbons (Fsp3) is 0.125. The van der Waals surface area contributed by atoms with E-state index in [1.165, 1.54) is 12.1 Å². The Bertz CT molecular complexity index is 910. The van der Waals surface area contributed by atoms with E-state index >= 15 is 0 Å². The summed E-state index contributed by atoms with van der Waals surface area (Å²) in [6, 6.07) is 7.36. The molecule has 0 aromatic heterocycles. The Kier molecular flexibility index (Phi) is 4.10. The standard InChI is InChI=1S/C16H10F3N3O4/c17-16(18,19)10-3-6-13-12(7-10)20-14(23)8-21(13)15(24)9-1-4-11(5-2-9)22(25)26/h1-7H,8H2,(H,20,23). The predicted octanol–water partition coefficient (Wildman–Crippen LogP) is 3.21. The summed E-state index contributed by atoms with van der Waals surface area (Å²) >= 11 is 0. The zero-order chi connectivity index (χ0) is 19.1. The summed E-state index contributed by atoms with van der Waals surface area (Å²) in [6.45, 7) is -0.381. The largest absolute Gasteiger partial charge is 0.416 e. The number of hydrogen-bond acceptors (Lipinski definition) is 4. The van der Waals surface area contributed by atoms with Gasteiger partial charge in [-0.3, -0.25) is 24.6 Å². The molecule has 1 N–H and O–H groups in total. The third-order valence-corrected chi connectivity index (χ3v) is 3.76. The molecule has 10 heteroatoms. The van der Waals surface area contributed by atoms with Gasteiger partial charge in [-0.25, -0.2) is 0 Å². The molecule has 1 heterocycles. The van der Waals surface area contributed by atoms with Crippen molar-refractivity contribution >= 4 is 28.9 Å². The van der Waals surface area contributed by atoms with Crippen LogP contribution in [0.1, 0.15) is 15.9 Å². The first-order valence-corrected chi connectivity index (χ1v) is 7.24. The topological polar surface area (TPSA) is 92.5 Å². The molecule has 7 nitrogen and oxygen atoms in total. The number of nitrogens with zero attached hydrogens (tertiary/aromatic N) is 2. The second-order valence-electron chi connectivity index (χ2n) is 5.47. The van der Waals surface area contributed by atoms with Crippen molar-refractivity contribution in [3.05, 3.63) is 63.7 Å². The molecule has 2 amide bonds. The van der Waals surface area contributed by atoms with Gasteiger partial charge < -0.3 is 5.32 Å². The molecule has 3 rings (SSSR count). The van der Waals surface area contributed by atoms with E-state index in [1.54, 1.807) is 0 Å². The van der Waals surface area contributed by atoms with Crippen LogP contribution in [0.25, 0.3) is 0 Å². The number of fused-ring (bicyclic) bond motifs is 1. The number of benzene rings is 2. The van der Waals surface area contributed by atoms with Crippen molar-refractivity contribution < 1.29 is 27.7 Å². The number of amides is 2. The molecular formula is C16H10F3N3O4. The van der Waals surface area contributed by atoms with Crippen molar-refractivity contribution in [3.63, 3.8) is 0 Å². The maximum absolute atomic E-state index is 12.8. The lowest BCUT2D eigenvalue weighted by Crippen LogP contribution is -2.42. The zero-order valence-electron chi connectivity index (χ0n) is 12.9. The van der Waals surface area contributed by atoms with Crippen LogP contribution in [0.5, 0.6) is 0 Å². The molecule has 0 radical (unpaired) electrons. The molecule has 2 aromatic rings. The third kappa shape index (κ3) is 3.21. The van der Waals surface area contributed by atoms with Crippen LogP contribution in [0, 0.1) is 10.1 Å². The highest BCUT2D eigenvalue weighted by molar-refractivity contribution is 6.15. The van der Waals surface area contributed by atoms with Crippen LogP contribution in [0.4, 0.5) is 30.2 Å². The molecule has 0 aliphatic carbocycles. The number of nitrogens with one attached hydrogen (secondary N) is 1. The van der Waals surface area contributed by atoms with Crippen LogP contribution in [-0.4, -0.2) is 23.3 Å². The lowest BCUT2D eigenvalue weighted by molar-refractivity contribution is -0.384. The van der Waals surface area contributed by atoms with Gasteiger partial charge in [0.15, 0.2) is 0 Å². The number of alkyl halides is 3. The molecule has 1 aliphatic heterocycles. The van der Waals surface area contributed by atoms with Gasteiger partial charge in [-0.05, 0) is 30.3 Å². The Morgan fingerprint density at radius 1 is 1.15 bits per heavy atom. The first-order valence-electron chi connectivity index (χ1n) is 7.24. The fourth-order valence-corrected chi connectivity index (χ4v) is 2.53. The molecule has 1 aliphatic rings. The molecule has 26 heavy (non-hydrogen) atoms. The number of rotatable bonds is 2. The average molecular weight is 365 g/mol. The van der Waals surface area contributed by atoms with Crippen molar-refractivity contribution in [1.29, 1.82) is 0 Å². The summed E-state index contributed by atoms with van der Waals surface area (Å²) in [6.07, 6.45) is -4.59. The van der Waals surface area contributed by atoms with Crippen molar-refractivity contribution in [2.45, 2.75) is 6.18 Å². The van der Waals surface area contributed by atoms with Crippen LogP contribution < -0.4 is 10.2 Å². The van der Waals surface area contributed by atoms with Crippen LogP contribution in [-0.2, 0) is 11.0 Å². The number of anilines is 2. The van der Waals surface area contributed by atoms with Crippen molar-refractivity contribution in [2.75, 3.05) is 16.8 Å². The number of nitro groups is 1. The maximum Gasteiger partial charge on any atom is 0.416 e. The van der Waals surface area contributed by atoms with Crippen molar-refractivity contribution in [3.8, 4) is 0 Å². The van der Waals surface area contributed by atoms with Crippen LogP contribution in [0.2, 0.25) is 0 Å². The van der Waals surface area contributed by atoms with E-state index in [0.717, 1.165) is 35.2 Å². The summed E-state index contributed by atoms with van der Waals surface area (Å²) in [5.41, 5.74) is -1.13. The Hall–Kier alpha value is -3.43. The van der Waals surface area contributed by atoms with E-state index < -0.39 is 28.5 Å².